The largest absolute Gasteiger partial charge is 0.378 e. The highest BCUT2D eigenvalue weighted by Gasteiger charge is 2.21. The Balaban J connectivity index is 1.72. The van der Waals surface area contributed by atoms with E-state index >= 15 is 0 Å². The molecule has 0 unspecified atom stereocenters. The fourth-order valence-electron chi connectivity index (χ4n) is 3.52. The highest BCUT2D eigenvalue weighted by atomic mass is 16.2. The molecule has 0 bridgehead atoms. The molecule has 1 amide bonds. The van der Waals surface area contributed by atoms with Crippen molar-refractivity contribution in [3.63, 3.8) is 0 Å². The molecule has 0 saturated heterocycles. The summed E-state index contributed by atoms with van der Waals surface area (Å²) in [5, 5.41) is 3.15. The Bertz CT molecular complexity index is 952. The second kappa shape index (κ2) is 10.1. The van der Waals surface area contributed by atoms with E-state index in [-0.39, 0.29) is 11.9 Å². The molecule has 4 heteroatoms. The summed E-state index contributed by atoms with van der Waals surface area (Å²) in [6, 6.07) is 26.3. The van der Waals surface area contributed by atoms with Crippen molar-refractivity contribution < 1.29 is 4.79 Å². The van der Waals surface area contributed by atoms with E-state index in [4.69, 9.17) is 0 Å². The number of nitrogens with zero attached hydrogens (tertiary/aromatic N) is 2. The van der Waals surface area contributed by atoms with Gasteiger partial charge in [0.2, 0.25) is 5.91 Å². The molecule has 0 radical (unpaired) electrons. The number of benzene rings is 3. The van der Waals surface area contributed by atoms with Gasteiger partial charge in [-0.25, -0.2) is 0 Å². The molecule has 30 heavy (non-hydrogen) atoms. The molecule has 156 valence electrons. The summed E-state index contributed by atoms with van der Waals surface area (Å²) < 4.78 is 0. The first kappa shape index (κ1) is 21.6. The molecule has 0 saturated carbocycles. The molecule has 0 aliphatic carbocycles. The van der Waals surface area contributed by atoms with Crippen LogP contribution in [0.2, 0.25) is 0 Å². The van der Waals surface area contributed by atoms with Crippen molar-refractivity contribution in [3.8, 4) is 11.1 Å². The number of carbonyl (C=O) groups excluding carboxylic acids is 1. The normalized spacial score (nSPS) is 11.9. The van der Waals surface area contributed by atoms with Crippen molar-refractivity contribution in [2.45, 2.75) is 26.4 Å². The Kier molecular flexibility index (Phi) is 7.26. The molecule has 1 N–H and O–H groups in total. The van der Waals surface area contributed by atoms with Crippen molar-refractivity contribution >= 4 is 17.3 Å². The smallest absolute Gasteiger partial charge is 0.241 e. The summed E-state index contributed by atoms with van der Waals surface area (Å²) in [4.78, 5) is 17.3. The fraction of sp³-hybridized carbons (Fsp3) is 0.269. The first-order valence-electron chi connectivity index (χ1n) is 10.4. The summed E-state index contributed by atoms with van der Waals surface area (Å²) in [5.41, 5.74) is 5.33. The Morgan fingerprint density at radius 1 is 0.900 bits per heavy atom. The molecular weight excluding hydrogens is 370 g/mol. The zero-order chi connectivity index (χ0) is 21.5. The number of carbonyl (C=O) groups is 1. The Morgan fingerprint density at radius 3 is 2.17 bits per heavy atom. The second-order valence-corrected chi connectivity index (χ2v) is 7.70. The third-order valence-electron chi connectivity index (χ3n) is 5.44. The number of nitrogens with one attached hydrogen (secondary N) is 1. The van der Waals surface area contributed by atoms with E-state index < -0.39 is 0 Å². The molecular formula is C26H31N3O. The van der Waals surface area contributed by atoms with Gasteiger partial charge in [0.05, 0.1) is 6.04 Å². The lowest BCUT2D eigenvalue weighted by atomic mass is 10.0. The van der Waals surface area contributed by atoms with Crippen LogP contribution in [0, 0.1) is 0 Å². The van der Waals surface area contributed by atoms with Gasteiger partial charge in [-0.2, -0.15) is 0 Å². The van der Waals surface area contributed by atoms with Crippen molar-refractivity contribution in [1.29, 1.82) is 0 Å². The van der Waals surface area contributed by atoms with Crippen LogP contribution in [0.3, 0.4) is 0 Å². The van der Waals surface area contributed by atoms with E-state index in [2.05, 4.69) is 58.4 Å². The van der Waals surface area contributed by atoms with Gasteiger partial charge < -0.3 is 10.2 Å². The molecule has 0 spiro atoms. The van der Waals surface area contributed by atoms with Gasteiger partial charge >= 0.3 is 0 Å². The van der Waals surface area contributed by atoms with Crippen LogP contribution in [0.1, 0.15) is 19.4 Å². The first-order valence-corrected chi connectivity index (χ1v) is 10.4. The maximum Gasteiger partial charge on any atom is 0.241 e. The Morgan fingerprint density at radius 2 is 1.53 bits per heavy atom. The lowest BCUT2D eigenvalue weighted by Gasteiger charge is -2.27. The fourth-order valence-corrected chi connectivity index (χ4v) is 3.52. The Hall–Kier alpha value is -3.11. The second-order valence-electron chi connectivity index (χ2n) is 7.70. The molecule has 0 fully saturated rings. The Labute approximate surface area is 180 Å². The van der Waals surface area contributed by atoms with Gasteiger partial charge in [-0.1, -0.05) is 67.6 Å². The third-order valence-corrected chi connectivity index (χ3v) is 5.44. The van der Waals surface area contributed by atoms with Crippen LogP contribution in [0.15, 0.2) is 78.9 Å². The summed E-state index contributed by atoms with van der Waals surface area (Å²) in [5.74, 6) is 0.00476. The minimum Gasteiger partial charge on any atom is -0.378 e. The number of rotatable bonds is 8. The SMILES string of the molecule is CCN(Cc1ccc(N(C)C)cc1)[C@@H](C)C(=O)Nc1ccccc1-c1ccccc1. The van der Waals surface area contributed by atoms with Gasteiger partial charge in [-0.05, 0) is 42.8 Å². The average Bonchev–Trinajstić information content (AvgIpc) is 2.78. The summed E-state index contributed by atoms with van der Waals surface area (Å²) >= 11 is 0. The van der Waals surface area contributed by atoms with Crippen LogP contribution in [0.25, 0.3) is 11.1 Å². The van der Waals surface area contributed by atoms with Crippen molar-refractivity contribution in [3.05, 3.63) is 84.4 Å². The van der Waals surface area contributed by atoms with E-state index in [1.165, 1.54) is 11.3 Å². The summed E-state index contributed by atoms with van der Waals surface area (Å²) in [7, 11) is 4.07. The molecule has 0 aliphatic heterocycles. The molecule has 1 atom stereocenters. The summed E-state index contributed by atoms with van der Waals surface area (Å²) in [6.45, 7) is 5.59. The minimum absolute atomic E-state index is 0.00476. The number of para-hydroxylation sites is 1. The lowest BCUT2D eigenvalue weighted by molar-refractivity contribution is -0.120. The van der Waals surface area contributed by atoms with Crippen LogP contribution in [0.5, 0.6) is 0 Å². The number of hydrogen-bond donors (Lipinski definition) is 1. The maximum absolute atomic E-state index is 13.1. The number of likely N-dealkylation sites (N-methyl/N-ethyl adjacent to an activating group) is 1. The van der Waals surface area contributed by atoms with E-state index in [0.717, 1.165) is 29.9 Å². The van der Waals surface area contributed by atoms with Crippen LogP contribution in [0.4, 0.5) is 11.4 Å². The average molecular weight is 402 g/mol. The molecule has 0 aliphatic rings. The predicted molar refractivity (Wildman–Crippen MR) is 127 cm³/mol. The zero-order valence-corrected chi connectivity index (χ0v) is 18.3. The van der Waals surface area contributed by atoms with Crippen molar-refractivity contribution in [2.24, 2.45) is 0 Å². The van der Waals surface area contributed by atoms with Crippen molar-refractivity contribution in [1.82, 2.24) is 4.90 Å². The van der Waals surface area contributed by atoms with Gasteiger partial charge in [-0.3, -0.25) is 9.69 Å². The molecule has 0 aromatic heterocycles. The minimum atomic E-state index is -0.243. The van der Waals surface area contributed by atoms with E-state index in [1.807, 2.05) is 63.5 Å². The van der Waals surface area contributed by atoms with E-state index in [1.54, 1.807) is 0 Å². The van der Waals surface area contributed by atoms with Gasteiger partial charge in [-0.15, -0.1) is 0 Å². The monoisotopic (exact) mass is 401 g/mol. The van der Waals surface area contributed by atoms with Crippen LogP contribution in [-0.4, -0.2) is 37.5 Å². The van der Waals surface area contributed by atoms with E-state index in [9.17, 15) is 4.79 Å². The molecule has 0 heterocycles. The molecule has 4 nitrogen and oxygen atoms in total. The number of anilines is 2. The standard InChI is InChI=1S/C26H31N3O/c1-5-29(19-21-15-17-23(18-16-21)28(3)4)20(2)26(30)27-25-14-10-9-13-24(25)22-11-7-6-8-12-22/h6-18,20H,5,19H2,1-4H3,(H,27,30)/t20-/m0/s1. The highest BCUT2D eigenvalue weighted by molar-refractivity contribution is 5.98. The topological polar surface area (TPSA) is 35.6 Å². The first-order chi connectivity index (χ1) is 14.5. The highest BCUT2D eigenvalue weighted by Crippen LogP contribution is 2.28. The van der Waals surface area contributed by atoms with Gasteiger partial charge in [0, 0.05) is 37.6 Å². The van der Waals surface area contributed by atoms with E-state index in [0.29, 0.717) is 0 Å². The van der Waals surface area contributed by atoms with Crippen LogP contribution in [-0.2, 0) is 11.3 Å². The van der Waals surface area contributed by atoms with Crippen LogP contribution < -0.4 is 10.2 Å². The maximum atomic E-state index is 13.1. The molecule has 3 aromatic carbocycles. The van der Waals surface area contributed by atoms with Crippen molar-refractivity contribution in [2.75, 3.05) is 30.9 Å². The quantitative estimate of drug-likeness (QED) is 0.559. The summed E-state index contributed by atoms with van der Waals surface area (Å²) in [6.07, 6.45) is 0. The number of amides is 1. The van der Waals surface area contributed by atoms with Gasteiger partial charge in [0.1, 0.15) is 0 Å². The molecule has 3 rings (SSSR count). The number of hydrogen-bond acceptors (Lipinski definition) is 3. The third kappa shape index (κ3) is 5.28. The predicted octanol–water partition coefficient (Wildman–Crippen LogP) is 5.27. The van der Waals surface area contributed by atoms with Gasteiger partial charge in [0.15, 0.2) is 0 Å². The van der Waals surface area contributed by atoms with Crippen LogP contribution >= 0.6 is 0 Å². The molecule has 3 aromatic rings. The zero-order valence-electron chi connectivity index (χ0n) is 18.3. The lowest BCUT2D eigenvalue weighted by Crippen LogP contribution is -2.41. The van der Waals surface area contributed by atoms with Gasteiger partial charge in [0.25, 0.3) is 0 Å².